The van der Waals surface area contributed by atoms with E-state index in [1.54, 1.807) is 35.0 Å². The van der Waals surface area contributed by atoms with Crippen molar-refractivity contribution in [1.82, 2.24) is 9.78 Å². The molecule has 1 heterocycles. The van der Waals surface area contributed by atoms with Crippen LogP contribution in [-0.4, -0.2) is 14.7 Å². The van der Waals surface area contributed by atoms with Crippen LogP contribution in [-0.2, 0) is 12.7 Å². The highest BCUT2D eigenvalue weighted by atomic mass is 19.4. The van der Waals surface area contributed by atoms with Crippen LogP contribution in [0.3, 0.4) is 0 Å². The fourth-order valence-electron chi connectivity index (χ4n) is 4.01. The molecule has 0 amide bonds. The monoisotopic (exact) mass is 489 g/mol. The van der Waals surface area contributed by atoms with Crippen molar-refractivity contribution in [2.45, 2.75) is 12.7 Å². The minimum absolute atomic E-state index is 0.0468. The number of benzene rings is 4. The molecule has 5 rings (SSSR count). The molecule has 0 atom stereocenters. The number of nitro benzene ring substituents is 1. The maximum absolute atomic E-state index is 13.7. The fraction of sp³-hybridized carbons (Fsp3) is 0.0741. The van der Waals surface area contributed by atoms with E-state index in [0.29, 0.717) is 34.7 Å². The number of aromatic nitrogens is 2. The molecular formula is C27H18F3N3O3. The number of hydrogen-bond acceptors (Lipinski definition) is 4. The summed E-state index contributed by atoms with van der Waals surface area (Å²) < 4.78 is 48.5. The van der Waals surface area contributed by atoms with E-state index in [4.69, 9.17) is 4.74 Å². The average Bonchev–Trinajstić information content (AvgIpc) is 3.22. The number of alkyl halides is 3. The summed E-state index contributed by atoms with van der Waals surface area (Å²) in [6, 6.07) is 26.0. The first-order valence-electron chi connectivity index (χ1n) is 10.9. The molecule has 0 saturated carbocycles. The Morgan fingerprint density at radius 1 is 0.833 bits per heavy atom. The molecule has 6 nitrogen and oxygen atoms in total. The molecule has 0 spiro atoms. The van der Waals surface area contributed by atoms with E-state index < -0.39 is 16.7 Å². The van der Waals surface area contributed by atoms with Gasteiger partial charge in [0.2, 0.25) is 0 Å². The highest BCUT2D eigenvalue weighted by molar-refractivity contribution is 5.95. The summed E-state index contributed by atoms with van der Waals surface area (Å²) in [4.78, 5) is 10.3. The molecule has 0 unspecified atom stereocenters. The second-order valence-corrected chi connectivity index (χ2v) is 8.07. The molecule has 180 valence electrons. The predicted molar refractivity (Wildman–Crippen MR) is 129 cm³/mol. The Bertz CT molecular complexity index is 1530. The van der Waals surface area contributed by atoms with Gasteiger partial charge in [0.1, 0.15) is 17.0 Å². The molecule has 4 aromatic carbocycles. The third kappa shape index (κ3) is 4.63. The first-order chi connectivity index (χ1) is 17.3. The fourth-order valence-corrected chi connectivity index (χ4v) is 4.01. The summed E-state index contributed by atoms with van der Waals surface area (Å²) in [5.74, 6) is 0.893. The topological polar surface area (TPSA) is 70.2 Å². The number of non-ortho nitro benzene ring substituents is 1. The molecule has 36 heavy (non-hydrogen) atoms. The van der Waals surface area contributed by atoms with Crippen molar-refractivity contribution in [3.05, 3.63) is 118 Å². The minimum atomic E-state index is -4.54. The maximum Gasteiger partial charge on any atom is 0.418 e. The zero-order chi connectivity index (χ0) is 25.3. The molecule has 0 saturated heterocycles. The van der Waals surface area contributed by atoms with Gasteiger partial charge in [-0.1, -0.05) is 42.5 Å². The number of nitro groups is 1. The van der Waals surface area contributed by atoms with Crippen LogP contribution in [0.4, 0.5) is 18.9 Å². The summed E-state index contributed by atoms with van der Waals surface area (Å²) in [5.41, 5.74) is 1.19. The second-order valence-electron chi connectivity index (χ2n) is 8.07. The van der Waals surface area contributed by atoms with Gasteiger partial charge in [0, 0.05) is 23.1 Å². The Morgan fingerprint density at radius 2 is 1.47 bits per heavy atom. The molecule has 5 aromatic rings. The Balaban J connectivity index is 1.54. The van der Waals surface area contributed by atoms with Gasteiger partial charge in [0.15, 0.2) is 0 Å². The van der Waals surface area contributed by atoms with Gasteiger partial charge in [-0.25, -0.2) is 0 Å². The lowest BCUT2D eigenvalue weighted by molar-refractivity contribution is -0.384. The second kappa shape index (κ2) is 9.18. The van der Waals surface area contributed by atoms with Crippen LogP contribution in [0.15, 0.2) is 97.1 Å². The quantitative estimate of drug-likeness (QED) is 0.183. The number of halogens is 3. The van der Waals surface area contributed by atoms with Crippen molar-refractivity contribution in [2.75, 3.05) is 0 Å². The largest absolute Gasteiger partial charge is 0.457 e. The van der Waals surface area contributed by atoms with Crippen molar-refractivity contribution in [2.24, 2.45) is 0 Å². The van der Waals surface area contributed by atoms with Crippen molar-refractivity contribution in [1.29, 1.82) is 0 Å². The lowest BCUT2D eigenvalue weighted by Crippen LogP contribution is -2.06. The van der Waals surface area contributed by atoms with Crippen LogP contribution in [0, 0.1) is 10.1 Å². The van der Waals surface area contributed by atoms with Gasteiger partial charge >= 0.3 is 6.18 Å². The number of rotatable bonds is 6. The van der Waals surface area contributed by atoms with Crippen molar-refractivity contribution in [3.8, 4) is 22.8 Å². The molecule has 0 N–H and O–H groups in total. The highest BCUT2D eigenvalue weighted by Crippen LogP contribution is 2.38. The normalized spacial score (nSPS) is 11.5. The van der Waals surface area contributed by atoms with Crippen LogP contribution < -0.4 is 4.74 Å². The van der Waals surface area contributed by atoms with E-state index in [-0.39, 0.29) is 11.2 Å². The lowest BCUT2D eigenvalue weighted by Gasteiger charge is -2.10. The Morgan fingerprint density at radius 3 is 2.08 bits per heavy atom. The predicted octanol–water partition coefficient (Wildman–Crippen LogP) is 7.47. The van der Waals surface area contributed by atoms with Crippen LogP contribution in [0.2, 0.25) is 0 Å². The van der Waals surface area contributed by atoms with Gasteiger partial charge in [-0.2, -0.15) is 18.3 Å². The van der Waals surface area contributed by atoms with Gasteiger partial charge < -0.3 is 4.74 Å². The molecule has 0 fully saturated rings. The molecule has 0 radical (unpaired) electrons. The Hall–Kier alpha value is -4.66. The smallest absolute Gasteiger partial charge is 0.418 e. The van der Waals surface area contributed by atoms with E-state index in [0.717, 1.165) is 11.6 Å². The summed E-state index contributed by atoms with van der Waals surface area (Å²) in [5, 5.41) is 15.6. The molecule has 9 heteroatoms. The minimum Gasteiger partial charge on any atom is -0.457 e. The third-order valence-corrected chi connectivity index (χ3v) is 5.66. The molecule has 0 aliphatic rings. The average molecular weight is 489 g/mol. The number of hydrogen-bond donors (Lipinski definition) is 0. The van der Waals surface area contributed by atoms with Crippen LogP contribution in [0.1, 0.15) is 11.1 Å². The Labute approximate surface area is 203 Å². The van der Waals surface area contributed by atoms with Gasteiger partial charge in [-0.05, 0) is 48.0 Å². The highest BCUT2D eigenvalue weighted by Gasteiger charge is 2.34. The van der Waals surface area contributed by atoms with Gasteiger partial charge in [-0.15, -0.1) is 0 Å². The summed E-state index contributed by atoms with van der Waals surface area (Å²) in [6.07, 6.45) is -4.54. The van der Waals surface area contributed by atoms with E-state index in [9.17, 15) is 23.3 Å². The number of ether oxygens (including phenoxy) is 1. The van der Waals surface area contributed by atoms with Gasteiger partial charge in [-0.3, -0.25) is 14.8 Å². The van der Waals surface area contributed by atoms with Gasteiger partial charge in [0.25, 0.3) is 5.69 Å². The lowest BCUT2D eigenvalue weighted by atomic mass is 10.0. The van der Waals surface area contributed by atoms with Crippen molar-refractivity contribution in [3.63, 3.8) is 0 Å². The SMILES string of the molecule is O=[N+]([O-])c1ccc(Oc2ccc(-c3c4cccc(C(F)(F)F)c4nn3Cc3ccccc3)cc2)cc1. The zero-order valence-corrected chi connectivity index (χ0v) is 18.6. The molecule has 0 aliphatic heterocycles. The first kappa shape index (κ1) is 23.1. The number of nitrogens with zero attached hydrogens (tertiary/aromatic N) is 3. The maximum atomic E-state index is 13.7. The number of fused-ring (bicyclic) bond motifs is 1. The summed E-state index contributed by atoms with van der Waals surface area (Å²) in [7, 11) is 0. The molecular weight excluding hydrogens is 471 g/mol. The van der Waals surface area contributed by atoms with Crippen LogP contribution >= 0.6 is 0 Å². The van der Waals surface area contributed by atoms with Gasteiger partial charge in [0.05, 0.1) is 22.7 Å². The zero-order valence-electron chi connectivity index (χ0n) is 18.6. The third-order valence-electron chi connectivity index (χ3n) is 5.66. The van der Waals surface area contributed by atoms with Crippen molar-refractivity contribution < 1.29 is 22.8 Å². The van der Waals surface area contributed by atoms with Crippen molar-refractivity contribution >= 4 is 16.6 Å². The van der Waals surface area contributed by atoms with E-state index in [2.05, 4.69) is 5.10 Å². The standard InChI is InChI=1S/C27H18F3N3O3/c28-27(29,30)24-8-4-7-23-25(24)31-32(17-18-5-2-1-3-6-18)26(23)19-9-13-21(14-10-19)36-22-15-11-20(12-16-22)33(34)35/h1-16H,17H2. The van der Waals surface area contributed by atoms with Crippen LogP contribution in [0.5, 0.6) is 11.5 Å². The Kier molecular flexibility index (Phi) is 5.89. The molecule has 0 aliphatic carbocycles. The van der Waals surface area contributed by atoms with E-state index >= 15 is 0 Å². The summed E-state index contributed by atoms with van der Waals surface area (Å²) in [6.45, 7) is 0.295. The first-order valence-corrected chi connectivity index (χ1v) is 10.9. The molecule has 1 aromatic heterocycles. The van der Waals surface area contributed by atoms with E-state index in [1.807, 2.05) is 30.3 Å². The summed E-state index contributed by atoms with van der Waals surface area (Å²) >= 11 is 0. The van der Waals surface area contributed by atoms with E-state index in [1.165, 1.54) is 30.3 Å². The molecule has 0 bridgehead atoms. The van der Waals surface area contributed by atoms with Crippen LogP contribution in [0.25, 0.3) is 22.2 Å².